The van der Waals surface area contributed by atoms with Gasteiger partial charge in [-0.2, -0.15) is 0 Å². The van der Waals surface area contributed by atoms with Crippen LogP contribution in [-0.4, -0.2) is 0 Å². The second kappa shape index (κ2) is 3.81. The molecule has 0 bridgehead atoms. The SMILES string of the molecule is SNCc1cccc2ccccc12. The molecule has 2 heteroatoms. The highest BCUT2D eigenvalue weighted by molar-refractivity contribution is 7.78. The molecular weight excluding hydrogens is 178 g/mol. The first kappa shape index (κ1) is 8.60. The Morgan fingerprint density at radius 1 is 1.00 bits per heavy atom. The van der Waals surface area contributed by atoms with E-state index in [-0.39, 0.29) is 0 Å². The van der Waals surface area contributed by atoms with Gasteiger partial charge in [0.05, 0.1) is 0 Å². The van der Waals surface area contributed by atoms with Crippen LogP contribution in [-0.2, 0) is 6.54 Å². The minimum absolute atomic E-state index is 0.796. The van der Waals surface area contributed by atoms with Crippen molar-refractivity contribution in [3.63, 3.8) is 0 Å². The third-order valence-electron chi connectivity index (χ3n) is 2.15. The van der Waals surface area contributed by atoms with Crippen LogP contribution in [0.2, 0.25) is 0 Å². The molecule has 0 amide bonds. The Kier molecular flexibility index (Phi) is 2.52. The summed E-state index contributed by atoms with van der Waals surface area (Å²) in [6.45, 7) is 0.796. The predicted molar refractivity (Wildman–Crippen MR) is 59.8 cm³/mol. The van der Waals surface area contributed by atoms with Crippen LogP contribution in [0.1, 0.15) is 5.56 Å². The van der Waals surface area contributed by atoms with Crippen molar-refractivity contribution in [3.8, 4) is 0 Å². The van der Waals surface area contributed by atoms with E-state index in [0.29, 0.717) is 0 Å². The van der Waals surface area contributed by atoms with E-state index in [4.69, 9.17) is 0 Å². The molecule has 0 aromatic heterocycles. The topological polar surface area (TPSA) is 12.0 Å². The van der Waals surface area contributed by atoms with Crippen molar-refractivity contribution in [2.75, 3.05) is 0 Å². The Labute approximate surface area is 83.3 Å². The van der Waals surface area contributed by atoms with Gasteiger partial charge < -0.3 is 0 Å². The van der Waals surface area contributed by atoms with Crippen molar-refractivity contribution >= 4 is 23.6 Å². The molecule has 0 radical (unpaired) electrons. The summed E-state index contributed by atoms with van der Waals surface area (Å²) in [5, 5.41) is 2.58. The summed E-state index contributed by atoms with van der Waals surface area (Å²) >= 11 is 4.01. The molecule has 0 aliphatic heterocycles. The van der Waals surface area contributed by atoms with E-state index in [0.717, 1.165) is 6.54 Å². The summed E-state index contributed by atoms with van der Waals surface area (Å²) in [4.78, 5) is 0. The van der Waals surface area contributed by atoms with Gasteiger partial charge in [0.1, 0.15) is 0 Å². The van der Waals surface area contributed by atoms with E-state index in [1.165, 1.54) is 16.3 Å². The molecule has 1 nitrogen and oxygen atoms in total. The van der Waals surface area contributed by atoms with Crippen LogP contribution in [0.15, 0.2) is 42.5 Å². The van der Waals surface area contributed by atoms with Crippen molar-refractivity contribution in [1.29, 1.82) is 0 Å². The third kappa shape index (κ3) is 1.69. The lowest BCUT2D eigenvalue weighted by Gasteiger charge is -2.04. The van der Waals surface area contributed by atoms with E-state index in [2.05, 4.69) is 60.0 Å². The summed E-state index contributed by atoms with van der Waals surface area (Å²) < 4.78 is 2.87. The lowest BCUT2D eigenvalue weighted by molar-refractivity contribution is 0.997. The maximum atomic E-state index is 4.01. The fourth-order valence-corrected chi connectivity index (χ4v) is 1.70. The number of hydrogen-bond acceptors (Lipinski definition) is 2. The zero-order valence-electron chi connectivity index (χ0n) is 7.20. The van der Waals surface area contributed by atoms with Gasteiger partial charge >= 0.3 is 0 Å². The zero-order valence-corrected chi connectivity index (χ0v) is 8.09. The van der Waals surface area contributed by atoms with Crippen molar-refractivity contribution in [3.05, 3.63) is 48.0 Å². The Bertz CT molecular complexity index is 406. The molecule has 1 N–H and O–H groups in total. The summed E-state index contributed by atoms with van der Waals surface area (Å²) in [5.41, 5.74) is 1.29. The fourth-order valence-electron chi connectivity index (χ4n) is 1.53. The van der Waals surface area contributed by atoms with E-state index >= 15 is 0 Å². The summed E-state index contributed by atoms with van der Waals surface area (Å²) in [7, 11) is 0. The molecule has 2 aromatic rings. The zero-order chi connectivity index (χ0) is 9.10. The van der Waals surface area contributed by atoms with Crippen LogP contribution < -0.4 is 4.72 Å². The second-order valence-electron chi connectivity index (χ2n) is 2.97. The maximum absolute atomic E-state index is 4.01. The molecule has 0 atom stereocenters. The van der Waals surface area contributed by atoms with E-state index < -0.39 is 0 Å². The molecule has 0 aliphatic carbocycles. The first-order valence-electron chi connectivity index (χ1n) is 4.25. The van der Waals surface area contributed by atoms with Crippen molar-refractivity contribution < 1.29 is 0 Å². The first-order valence-corrected chi connectivity index (χ1v) is 4.70. The lowest BCUT2D eigenvalue weighted by atomic mass is 10.1. The molecule has 0 fully saturated rings. The molecule has 2 aromatic carbocycles. The predicted octanol–water partition coefficient (Wildman–Crippen LogP) is 2.77. The summed E-state index contributed by atoms with van der Waals surface area (Å²) in [5.74, 6) is 0. The van der Waals surface area contributed by atoms with Gasteiger partial charge in [-0.25, -0.2) is 0 Å². The molecule has 0 unspecified atom stereocenters. The van der Waals surface area contributed by atoms with Gasteiger partial charge in [-0.3, -0.25) is 4.72 Å². The molecule has 13 heavy (non-hydrogen) atoms. The van der Waals surface area contributed by atoms with Crippen molar-refractivity contribution in [2.24, 2.45) is 0 Å². The van der Waals surface area contributed by atoms with Crippen LogP contribution in [0, 0.1) is 0 Å². The van der Waals surface area contributed by atoms with Crippen LogP contribution >= 0.6 is 12.8 Å². The molecule has 0 aliphatic rings. The molecule has 0 saturated heterocycles. The van der Waals surface area contributed by atoms with Gasteiger partial charge in [0, 0.05) is 6.54 Å². The largest absolute Gasteiger partial charge is 0.262 e. The van der Waals surface area contributed by atoms with Crippen LogP contribution in [0.4, 0.5) is 0 Å². The Balaban J connectivity index is 2.61. The minimum atomic E-state index is 0.796. The average Bonchev–Trinajstić information content (AvgIpc) is 2.19. The van der Waals surface area contributed by atoms with Crippen molar-refractivity contribution in [1.82, 2.24) is 4.72 Å². The van der Waals surface area contributed by atoms with Crippen LogP contribution in [0.5, 0.6) is 0 Å². The third-order valence-corrected chi connectivity index (χ3v) is 2.31. The number of fused-ring (bicyclic) bond motifs is 1. The normalized spacial score (nSPS) is 10.5. The monoisotopic (exact) mass is 189 g/mol. The molecule has 0 spiro atoms. The maximum Gasteiger partial charge on any atom is 0.0313 e. The van der Waals surface area contributed by atoms with Gasteiger partial charge in [0.25, 0.3) is 0 Å². The summed E-state index contributed by atoms with van der Waals surface area (Å²) in [6, 6.07) is 14.7. The highest BCUT2D eigenvalue weighted by Crippen LogP contribution is 2.18. The molecular formula is C11H11NS. The fraction of sp³-hybridized carbons (Fsp3) is 0.0909. The number of rotatable bonds is 2. The Morgan fingerprint density at radius 3 is 2.62 bits per heavy atom. The number of thiol groups is 1. The minimum Gasteiger partial charge on any atom is -0.262 e. The average molecular weight is 189 g/mol. The van der Waals surface area contributed by atoms with Crippen LogP contribution in [0.3, 0.4) is 0 Å². The van der Waals surface area contributed by atoms with Gasteiger partial charge in [0.15, 0.2) is 0 Å². The highest BCUT2D eigenvalue weighted by Gasteiger charge is 1.97. The van der Waals surface area contributed by atoms with E-state index in [1.807, 2.05) is 0 Å². The highest BCUT2D eigenvalue weighted by atomic mass is 32.1. The smallest absolute Gasteiger partial charge is 0.0313 e. The first-order chi connectivity index (χ1) is 6.42. The molecule has 2 rings (SSSR count). The van der Waals surface area contributed by atoms with Gasteiger partial charge in [-0.15, -0.1) is 0 Å². The Morgan fingerprint density at radius 2 is 1.77 bits per heavy atom. The lowest BCUT2D eigenvalue weighted by Crippen LogP contribution is -1.98. The quantitative estimate of drug-likeness (QED) is 0.692. The van der Waals surface area contributed by atoms with E-state index in [1.54, 1.807) is 0 Å². The van der Waals surface area contributed by atoms with Crippen molar-refractivity contribution in [2.45, 2.75) is 6.54 Å². The standard InChI is InChI=1S/C11H11NS/c13-12-8-10-6-3-5-9-4-1-2-7-11(9)10/h1-7,12-13H,8H2. The van der Waals surface area contributed by atoms with Gasteiger partial charge in [0.2, 0.25) is 0 Å². The van der Waals surface area contributed by atoms with E-state index in [9.17, 15) is 0 Å². The summed E-state index contributed by atoms with van der Waals surface area (Å²) in [6.07, 6.45) is 0. The van der Waals surface area contributed by atoms with Gasteiger partial charge in [-0.1, -0.05) is 55.3 Å². The number of hydrogen-bond donors (Lipinski definition) is 2. The Hall–Kier alpha value is -0.990. The number of nitrogens with one attached hydrogen (secondary N) is 1. The molecule has 0 saturated carbocycles. The second-order valence-corrected chi connectivity index (χ2v) is 3.29. The number of benzene rings is 2. The van der Waals surface area contributed by atoms with Gasteiger partial charge in [-0.05, 0) is 16.3 Å². The molecule has 0 heterocycles. The molecule has 66 valence electrons. The van der Waals surface area contributed by atoms with Crippen LogP contribution in [0.25, 0.3) is 10.8 Å².